The Morgan fingerprint density at radius 2 is 1.59 bits per heavy atom. The number of carbonyl (C=O) groups excluding carboxylic acids is 5. The first-order chi connectivity index (χ1) is 32.4. The van der Waals surface area contributed by atoms with Crippen molar-refractivity contribution in [3.05, 3.63) is 78.2 Å². The molecule has 1 saturated carbocycles. The SMILES string of the molecule is CC[C@H](C)[C@@H]([C@@H](CC(=O)N1CCCC1[C@H](OC)[C@@H](C)C(=O)N[C@@H](Cc1ccccc1)c1ncc(-c2ccccc2)[nH]1)OC)N(C)C(=O)C(NC(=O)[C@@H]1[C@H]2CC[C@H](C2)N1C(=O)OC(C)(C)C)C(C)C. The van der Waals surface area contributed by atoms with Gasteiger partial charge in [-0.2, -0.15) is 0 Å². The van der Waals surface area contributed by atoms with Crippen LogP contribution in [-0.2, 0) is 39.8 Å². The number of rotatable bonds is 20. The fourth-order valence-electron chi connectivity index (χ4n) is 10.8. The number of likely N-dealkylation sites (tertiary alicyclic amines) is 2. The van der Waals surface area contributed by atoms with E-state index >= 15 is 0 Å². The molecule has 15 heteroatoms. The van der Waals surface area contributed by atoms with Crippen molar-refractivity contribution >= 4 is 29.7 Å². The standard InChI is InChI=1S/C53H77N7O8/c1-12-33(4)45(58(9)51(64)44(32(2)3)57-50(63)46-37-25-26-38(29-37)60(46)52(65)68-53(6,7)8)42(66-10)30-43(61)59-27-19-24-41(59)47(67-11)34(5)49(62)56-39(28-35-20-15-13-16-21-35)48-54-31-40(55-48)36-22-17-14-18-23-36/h13-18,20-23,31-34,37-39,41-42,44-47H,12,19,24-30H2,1-11H3,(H,54,55)(H,56,62)(H,57,63)/t33-,34+,37-,38+,39-,41?,42+,44?,45-,46-,47+/m0/s1. The van der Waals surface area contributed by atoms with Crippen LogP contribution >= 0.6 is 0 Å². The molecule has 68 heavy (non-hydrogen) atoms. The van der Waals surface area contributed by atoms with E-state index in [9.17, 15) is 24.0 Å². The molecule has 2 saturated heterocycles. The number of piperidine rings is 1. The predicted octanol–water partition coefficient (Wildman–Crippen LogP) is 7.33. The molecule has 0 radical (unpaired) electrons. The summed E-state index contributed by atoms with van der Waals surface area (Å²) in [5.74, 6) is -1.39. The summed E-state index contributed by atoms with van der Waals surface area (Å²) in [5.41, 5.74) is 2.16. The summed E-state index contributed by atoms with van der Waals surface area (Å²) in [4.78, 5) is 84.4. The fraction of sp³-hybridized carbons (Fsp3) is 0.623. The first-order valence-electron chi connectivity index (χ1n) is 24.7. The normalized spacial score (nSPS) is 22.2. The number of hydrogen-bond acceptors (Lipinski definition) is 9. The highest BCUT2D eigenvalue weighted by molar-refractivity contribution is 5.92. The van der Waals surface area contributed by atoms with E-state index in [0.29, 0.717) is 31.6 Å². The maximum Gasteiger partial charge on any atom is 0.411 e. The molecule has 6 rings (SSSR count). The first kappa shape index (κ1) is 52.1. The summed E-state index contributed by atoms with van der Waals surface area (Å²) < 4.78 is 18.0. The van der Waals surface area contributed by atoms with Crippen LogP contribution in [0.1, 0.15) is 118 Å². The monoisotopic (exact) mass is 940 g/mol. The molecule has 3 aliphatic rings. The number of likely N-dealkylation sites (N-methyl/N-ethyl adjacent to an activating group) is 1. The number of fused-ring (bicyclic) bond motifs is 2. The van der Waals surface area contributed by atoms with E-state index in [0.717, 1.165) is 42.5 Å². The summed E-state index contributed by atoms with van der Waals surface area (Å²) in [7, 11) is 4.87. The lowest BCUT2D eigenvalue weighted by molar-refractivity contribution is -0.148. The second-order valence-electron chi connectivity index (χ2n) is 20.7. The Bertz CT molecular complexity index is 2160. The number of amides is 5. The van der Waals surface area contributed by atoms with Crippen molar-refractivity contribution in [1.82, 2.24) is 35.3 Å². The molecule has 11 atom stereocenters. The quantitative estimate of drug-likeness (QED) is 0.105. The van der Waals surface area contributed by atoms with Crippen LogP contribution < -0.4 is 10.6 Å². The number of aromatic nitrogens is 2. The van der Waals surface area contributed by atoms with Crippen LogP contribution in [0.5, 0.6) is 0 Å². The number of nitrogens with one attached hydrogen (secondary N) is 3. The van der Waals surface area contributed by atoms with Crippen molar-refractivity contribution in [3.8, 4) is 11.3 Å². The molecule has 15 nitrogen and oxygen atoms in total. The number of imidazole rings is 1. The number of benzene rings is 2. The molecular weight excluding hydrogens is 863 g/mol. The highest BCUT2D eigenvalue weighted by atomic mass is 16.6. The third-order valence-corrected chi connectivity index (χ3v) is 14.6. The maximum atomic E-state index is 14.7. The van der Waals surface area contributed by atoms with Crippen LogP contribution in [0.15, 0.2) is 66.9 Å². The Hall–Kier alpha value is -5.28. The van der Waals surface area contributed by atoms with Crippen LogP contribution in [0.3, 0.4) is 0 Å². The summed E-state index contributed by atoms with van der Waals surface area (Å²) in [6, 6.07) is 16.8. The van der Waals surface area contributed by atoms with Crippen LogP contribution in [0.4, 0.5) is 4.79 Å². The molecule has 2 aromatic carbocycles. The molecule has 372 valence electrons. The average Bonchev–Trinajstić information content (AvgIpc) is 4.16. The van der Waals surface area contributed by atoms with Gasteiger partial charge in [-0.1, -0.05) is 102 Å². The van der Waals surface area contributed by atoms with Gasteiger partial charge in [0.25, 0.3) is 0 Å². The van der Waals surface area contributed by atoms with Gasteiger partial charge in [-0.3, -0.25) is 24.1 Å². The van der Waals surface area contributed by atoms with Crippen molar-refractivity contribution in [2.75, 3.05) is 27.8 Å². The molecule has 3 heterocycles. The summed E-state index contributed by atoms with van der Waals surface area (Å²) in [5, 5.41) is 6.33. The number of ether oxygens (including phenoxy) is 3. The molecule has 5 amide bonds. The maximum absolute atomic E-state index is 14.7. The van der Waals surface area contributed by atoms with Crippen molar-refractivity contribution in [1.29, 1.82) is 0 Å². The number of hydrogen-bond donors (Lipinski definition) is 3. The van der Waals surface area contributed by atoms with Gasteiger partial charge in [0.15, 0.2) is 0 Å². The minimum Gasteiger partial charge on any atom is -0.444 e. The minimum atomic E-state index is -0.893. The van der Waals surface area contributed by atoms with Gasteiger partial charge < -0.3 is 39.6 Å². The lowest BCUT2D eigenvalue weighted by Crippen LogP contribution is -2.61. The number of aromatic amines is 1. The van der Waals surface area contributed by atoms with Crippen molar-refractivity contribution < 1.29 is 38.2 Å². The lowest BCUT2D eigenvalue weighted by atomic mass is 9.89. The molecule has 3 aromatic rings. The van der Waals surface area contributed by atoms with E-state index in [4.69, 9.17) is 19.2 Å². The third kappa shape index (κ3) is 12.1. The Morgan fingerprint density at radius 3 is 2.21 bits per heavy atom. The Balaban J connectivity index is 1.15. The van der Waals surface area contributed by atoms with Gasteiger partial charge in [0.2, 0.25) is 23.6 Å². The zero-order chi connectivity index (χ0) is 49.4. The molecule has 2 aliphatic heterocycles. The lowest BCUT2D eigenvalue weighted by Gasteiger charge is -2.41. The Labute approximate surface area is 403 Å². The number of methoxy groups -OCH3 is 2. The van der Waals surface area contributed by atoms with E-state index in [1.54, 1.807) is 37.3 Å². The average molecular weight is 940 g/mol. The van der Waals surface area contributed by atoms with Crippen LogP contribution in [0, 0.1) is 23.7 Å². The Morgan fingerprint density at radius 1 is 0.912 bits per heavy atom. The highest BCUT2D eigenvalue weighted by Crippen LogP contribution is 2.43. The number of nitrogens with zero attached hydrogens (tertiary/aromatic N) is 4. The van der Waals surface area contributed by atoms with Gasteiger partial charge in [0.05, 0.1) is 54.6 Å². The Kier molecular flexibility index (Phi) is 17.5. The molecule has 2 bridgehead atoms. The molecule has 2 unspecified atom stereocenters. The topological polar surface area (TPSA) is 175 Å². The van der Waals surface area contributed by atoms with Gasteiger partial charge >= 0.3 is 6.09 Å². The molecule has 3 N–H and O–H groups in total. The van der Waals surface area contributed by atoms with Gasteiger partial charge in [-0.05, 0) is 88.2 Å². The van der Waals surface area contributed by atoms with E-state index in [2.05, 4.69) is 15.6 Å². The molecule has 0 spiro atoms. The van der Waals surface area contributed by atoms with Gasteiger partial charge in [0.1, 0.15) is 23.5 Å². The van der Waals surface area contributed by atoms with Gasteiger partial charge in [0, 0.05) is 33.9 Å². The second-order valence-corrected chi connectivity index (χ2v) is 20.7. The second kappa shape index (κ2) is 22.9. The van der Waals surface area contributed by atoms with Crippen LogP contribution in [0.2, 0.25) is 0 Å². The van der Waals surface area contributed by atoms with Crippen molar-refractivity contribution in [3.63, 3.8) is 0 Å². The molecule has 3 fully saturated rings. The van der Waals surface area contributed by atoms with Gasteiger partial charge in [-0.15, -0.1) is 0 Å². The van der Waals surface area contributed by atoms with Crippen LogP contribution in [-0.4, -0.2) is 130 Å². The molecular formula is C53H77N7O8. The zero-order valence-corrected chi connectivity index (χ0v) is 42.2. The summed E-state index contributed by atoms with van der Waals surface area (Å²) >= 11 is 0. The number of carbonyl (C=O) groups is 5. The fourth-order valence-corrected chi connectivity index (χ4v) is 10.8. The first-order valence-corrected chi connectivity index (χ1v) is 24.7. The van der Waals surface area contributed by atoms with Gasteiger partial charge in [-0.25, -0.2) is 9.78 Å². The largest absolute Gasteiger partial charge is 0.444 e. The molecule has 1 aromatic heterocycles. The van der Waals surface area contributed by atoms with Crippen molar-refractivity contribution in [2.24, 2.45) is 23.7 Å². The van der Waals surface area contributed by atoms with Crippen LogP contribution in [0.25, 0.3) is 11.3 Å². The van der Waals surface area contributed by atoms with Crippen molar-refractivity contribution in [2.45, 2.75) is 161 Å². The zero-order valence-electron chi connectivity index (χ0n) is 42.2. The number of H-pyrrole nitrogens is 1. The molecule has 1 aliphatic carbocycles. The third-order valence-electron chi connectivity index (χ3n) is 14.6. The van der Waals surface area contributed by atoms with E-state index in [1.165, 1.54) is 0 Å². The van der Waals surface area contributed by atoms with E-state index < -0.39 is 54.0 Å². The summed E-state index contributed by atoms with van der Waals surface area (Å²) in [6.45, 7) is 15.6. The minimum absolute atomic E-state index is 0.00722. The highest BCUT2D eigenvalue weighted by Gasteiger charge is 2.53. The summed E-state index contributed by atoms with van der Waals surface area (Å²) in [6.07, 6.45) is 4.95. The smallest absolute Gasteiger partial charge is 0.411 e. The van der Waals surface area contributed by atoms with E-state index in [1.807, 2.05) is 121 Å². The predicted molar refractivity (Wildman–Crippen MR) is 261 cm³/mol. The van der Waals surface area contributed by atoms with E-state index in [-0.39, 0.29) is 59.9 Å².